The molecule has 1 atom stereocenters. The number of H-pyrrole nitrogens is 1. The zero-order chi connectivity index (χ0) is 21.3. The Morgan fingerprint density at radius 1 is 1.21 bits per heavy atom. The summed E-state index contributed by atoms with van der Waals surface area (Å²) in [6, 6.07) is 2.62. The van der Waals surface area contributed by atoms with Crippen molar-refractivity contribution in [1.29, 1.82) is 0 Å². The zero-order valence-corrected chi connectivity index (χ0v) is 16.1. The molecule has 0 aliphatic carbocycles. The van der Waals surface area contributed by atoms with Gasteiger partial charge in [-0.1, -0.05) is 0 Å². The van der Waals surface area contributed by atoms with E-state index in [1.54, 1.807) is 0 Å². The van der Waals surface area contributed by atoms with Crippen LogP contribution in [-0.4, -0.2) is 42.4 Å². The predicted octanol–water partition coefficient (Wildman–Crippen LogP) is 0.353. The van der Waals surface area contributed by atoms with Gasteiger partial charge in [0.25, 0.3) is 5.56 Å². The van der Waals surface area contributed by atoms with E-state index in [1.807, 2.05) is 26.0 Å². The third-order valence-electron chi connectivity index (χ3n) is 4.85. The number of carboxylic acids is 1. The Balaban J connectivity index is 2.03. The Labute approximate surface area is 164 Å². The van der Waals surface area contributed by atoms with Gasteiger partial charge in [-0.15, -0.1) is 0 Å². The third kappa shape index (κ3) is 4.21. The Hall–Kier alpha value is -3.40. The molecule has 0 fully saturated rings. The Kier molecular flexibility index (Phi) is 5.55. The number of hydrogen-bond acceptors (Lipinski definition) is 7. The average molecular weight is 399 g/mol. The second-order valence-electron chi connectivity index (χ2n) is 7.04. The minimum absolute atomic E-state index is 0.0268. The van der Waals surface area contributed by atoms with E-state index >= 15 is 0 Å². The van der Waals surface area contributed by atoms with Gasteiger partial charge in [-0.2, -0.15) is 4.98 Å². The number of carbonyl (C=O) groups is 2. The van der Waals surface area contributed by atoms with Gasteiger partial charge >= 0.3 is 11.7 Å². The molecule has 0 aromatic heterocycles. The minimum Gasteiger partial charge on any atom is -0.480 e. The second-order valence-corrected chi connectivity index (χ2v) is 7.04. The lowest BCUT2D eigenvalue weighted by atomic mass is 10.1. The zero-order valence-electron chi connectivity index (χ0n) is 16.1. The number of aliphatic carboxylic acids is 1. The van der Waals surface area contributed by atoms with Crippen LogP contribution in [-0.2, 0) is 16.1 Å². The molecule has 0 saturated heterocycles. The summed E-state index contributed by atoms with van der Waals surface area (Å²) in [5.41, 5.74) is 6.95. The van der Waals surface area contributed by atoms with Crippen molar-refractivity contribution in [3.05, 3.63) is 44.1 Å². The number of hydrogen-bond donors (Lipinski definition) is 3. The van der Waals surface area contributed by atoms with Crippen molar-refractivity contribution in [3.8, 4) is 11.5 Å². The van der Waals surface area contributed by atoms with Crippen molar-refractivity contribution in [2.75, 3.05) is 0 Å². The number of aromatic amines is 1. The van der Waals surface area contributed by atoms with Crippen molar-refractivity contribution in [3.63, 3.8) is 0 Å². The van der Waals surface area contributed by atoms with Crippen LogP contribution in [0.5, 0.6) is 0 Å². The maximum atomic E-state index is 12.6. The lowest BCUT2D eigenvalue weighted by molar-refractivity contribution is -0.138. The molecule has 4 N–H and O–H groups in total. The highest BCUT2D eigenvalue weighted by Crippen LogP contribution is 2.24. The van der Waals surface area contributed by atoms with Gasteiger partial charge in [-0.05, 0) is 49.9 Å². The molecule has 1 unspecified atom stereocenters. The van der Waals surface area contributed by atoms with Crippen LogP contribution in [0.3, 0.4) is 0 Å². The highest BCUT2D eigenvalue weighted by atomic mass is 16.4. The molecule has 1 aromatic carbocycles. The van der Waals surface area contributed by atoms with E-state index in [9.17, 15) is 19.2 Å². The van der Waals surface area contributed by atoms with Gasteiger partial charge in [0.1, 0.15) is 6.04 Å². The predicted molar refractivity (Wildman–Crippen MR) is 105 cm³/mol. The first-order valence-electron chi connectivity index (χ1n) is 9.09. The SMILES string of the molecule is Cc1cc2nc3c(=O)[nH]c(=O)nc-3n(CC(=O)CCCC(N)C(=O)O)c2cc1C. The molecule has 3 rings (SSSR count). The summed E-state index contributed by atoms with van der Waals surface area (Å²) in [7, 11) is 0. The number of carbonyl (C=O) groups excluding carboxylic acids is 1. The van der Waals surface area contributed by atoms with Crippen LogP contribution in [0.1, 0.15) is 30.4 Å². The molecule has 1 aromatic rings. The van der Waals surface area contributed by atoms with E-state index < -0.39 is 23.3 Å². The van der Waals surface area contributed by atoms with Gasteiger partial charge in [-0.3, -0.25) is 19.4 Å². The van der Waals surface area contributed by atoms with Crippen LogP contribution in [0.4, 0.5) is 0 Å². The van der Waals surface area contributed by atoms with E-state index in [0.29, 0.717) is 17.5 Å². The van der Waals surface area contributed by atoms with Gasteiger partial charge in [0.2, 0.25) is 0 Å². The first kappa shape index (κ1) is 20.3. The minimum atomic E-state index is -1.12. The van der Waals surface area contributed by atoms with Crippen LogP contribution < -0.4 is 17.0 Å². The van der Waals surface area contributed by atoms with Crippen LogP contribution in [0, 0.1) is 13.8 Å². The highest BCUT2D eigenvalue weighted by Gasteiger charge is 2.21. The fourth-order valence-corrected chi connectivity index (χ4v) is 3.11. The van der Waals surface area contributed by atoms with Crippen molar-refractivity contribution in [2.24, 2.45) is 5.73 Å². The van der Waals surface area contributed by atoms with Crippen molar-refractivity contribution in [1.82, 2.24) is 19.5 Å². The quantitative estimate of drug-likeness (QED) is 0.480. The smallest absolute Gasteiger partial charge is 0.349 e. The summed E-state index contributed by atoms with van der Waals surface area (Å²) in [4.78, 5) is 57.6. The number of aryl methyl sites for hydroxylation is 2. The Bertz CT molecular complexity index is 1200. The number of benzene rings is 1. The summed E-state index contributed by atoms with van der Waals surface area (Å²) >= 11 is 0. The maximum Gasteiger partial charge on any atom is 0.349 e. The van der Waals surface area contributed by atoms with Gasteiger partial charge in [-0.25, -0.2) is 9.78 Å². The van der Waals surface area contributed by atoms with Crippen molar-refractivity contribution < 1.29 is 14.7 Å². The van der Waals surface area contributed by atoms with Crippen LogP contribution in [0.25, 0.3) is 22.6 Å². The number of aromatic nitrogens is 4. The van der Waals surface area contributed by atoms with E-state index in [0.717, 1.165) is 11.1 Å². The first-order valence-corrected chi connectivity index (χ1v) is 9.09. The summed E-state index contributed by atoms with van der Waals surface area (Å²) in [6.45, 7) is 3.68. The van der Waals surface area contributed by atoms with Crippen LogP contribution in [0.15, 0.2) is 21.7 Å². The number of nitrogens with zero attached hydrogens (tertiary/aromatic N) is 3. The number of rotatable bonds is 7. The van der Waals surface area contributed by atoms with Crippen LogP contribution >= 0.6 is 0 Å². The van der Waals surface area contributed by atoms with Crippen molar-refractivity contribution >= 4 is 22.8 Å². The topological polar surface area (TPSA) is 161 Å². The summed E-state index contributed by atoms with van der Waals surface area (Å²) in [6.07, 6.45) is 0.592. The molecule has 0 saturated carbocycles. The second kappa shape index (κ2) is 7.92. The molecule has 10 nitrogen and oxygen atoms in total. The number of nitrogens with one attached hydrogen (secondary N) is 1. The molecule has 10 heteroatoms. The number of Topliss-reactive ketones (excluding diaryl/α,β-unsaturated/α-hetero) is 1. The molecule has 0 radical (unpaired) electrons. The fraction of sp³-hybridized carbons (Fsp3) is 0.368. The summed E-state index contributed by atoms with van der Waals surface area (Å²) < 4.78 is 1.51. The van der Waals surface area contributed by atoms with Gasteiger partial charge < -0.3 is 15.4 Å². The molecule has 0 spiro atoms. The summed E-state index contributed by atoms with van der Waals surface area (Å²) in [5, 5.41) is 8.83. The molecular weight excluding hydrogens is 378 g/mol. The van der Waals surface area contributed by atoms with E-state index in [2.05, 4.69) is 15.0 Å². The van der Waals surface area contributed by atoms with Crippen LogP contribution in [0.2, 0.25) is 0 Å². The Morgan fingerprint density at radius 3 is 2.59 bits per heavy atom. The number of carboxylic acid groups (broad SMARTS) is 1. The monoisotopic (exact) mass is 399 g/mol. The normalized spacial score (nSPS) is 12.4. The number of nitrogens with two attached hydrogens (primary N) is 1. The molecule has 0 amide bonds. The largest absolute Gasteiger partial charge is 0.480 e. The van der Waals surface area contributed by atoms with Crippen molar-refractivity contribution in [2.45, 2.75) is 45.7 Å². The molecule has 29 heavy (non-hydrogen) atoms. The lowest BCUT2D eigenvalue weighted by Gasteiger charge is -2.17. The molecular formula is C19H21N5O5. The standard InChI is InChI=1S/C19H21N5O5/c1-9-6-13-14(7-10(9)2)24(8-11(25)4-3-5-12(20)18(27)28)16-15(21-13)17(26)23-19(29)22-16/h6-7,12H,3-5,8,20H2,1-2H3,(H,27,28)(H,23,26,29). The molecule has 152 valence electrons. The molecule has 2 heterocycles. The third-order valence-corrected chi connectivity index (χ3v) is 4.85. The van der Waals surface area contributed by atoms with E-state index in [1.165, 1.54) is 4.57 Å². The summed E-state index contributed by atoms with van der Waals surface area (Å²) in [5.74, 6) is -1.28. The van der Waals surface area contributed by atoms with E-state index in [4.69, 9.17) is 10.8 Å². The molecule has 2 aliphatic rings. The molecule has 2 aliphatic heterocycles. The lowest BCUT2D eigenvalue weighted by Crippen LogP contribution is -2.30. The fourth-order valence-electron chi connectivity index (χ4n) is 3.11. The molecule has 0 bridgehead atoms. The van der Waals surface area contributed by atoms with Gasteiger partial charge in [0, 0.05) is 6.42 Å². The maximum absolute atomic E-state index is 12.6. The highest BCUT2D eigenvalue weighted by molar-refractivity contribution is 5.85. The average Bonchev–Trinajstić information content (AvgIpc) is 2.63. The van der Waals surface area contributed by atoms with E-state index in [-0.39, 0.29) is 36.7 Å². The van der Waals surface area contributed by atoms with Gasteiger partial charge in [0.15, 0.2) is 17.3 Å². The first-order chi connectivity index (χ1) is 13.7. The number of fused-ring (bicyclic) bond motifs is 2. The Morgan fingerprint density at radius 2 is 1.90 bits per heavy atom. The number of ketones is 1. The van der Waals surface area contributed by atoms with Gasteiger partial charge in [0.05, 0.1) is 17.6 Å².